The van der Waals surface area contributed by atoms with Crippen LogP contribution < -0.4 is 0 Å². The highest BCUT2D eigenvalue weighted by Crippen LogP contribution is 2.29. The van der Waals surface area contributed by atoms with Gasteiger partial charge in [0.25, 0.3) is 0 Å². The van der Waals surface area contributed by atoms with Crippen molar-refractivity contribution in [1.82, 2.24) is 9.78 Å². The molecule has 0 saturated heterocycles. The van der Waals surface area contributed by atoms with Gasteiger partial charge in [0.2, 0.25) is 0 Å². The quantitative estimate of drug-likeness (QED) is 0.619. The molecule has 0 radical (unpaired) electrons. The van der Waals surface area contributed by atoms with Gasteiger partial charge in [-0.1, -0.05) is 11.6 Å². The van der Waals surface area contributed by atoms with Crippen molar-refractivity contribution in [3.05, 3.63) is 16.4 Å². The standard InChI is InChI=1S/C7H9ClN2S/c1-10-7(8)5-4-11-3-2-6(5)9-10/h2-4H2,1H3. The van der Waals surface area contributed by atoms with Crippen molar-refractivity contribution in [3.63, 3.8) is 0 Å². The summed E-state index contributed by atoms with van der Waals surface area (Å²) in [6, 6.07) is 0. The molecular formula is C7H9ClN2S. The van der Waals surface area contributed by atoms with Crippen LogP contribution >= 0.6 is 23.4 Å². The van der Waals surface area contributed by atoms with Gasteiger partial charge in [-0.3, -0.25) is 4.68 Å². The molecule has 0 amide bonds. The van der Waals surface area contributed by atoms with Gasteiger partial charge in [-0.25, -0.2) is 0 Å². The number of aryl methyl sites for hydroxylation is 2. The Kier molecular flexibility index (Phi) is 1.85. The fourth-order valence-corrected chi connectivity index (χ4v) is 2.57. The van der Waals surface area contributed by atoms with Gasteiger partial charge >= 0.3 is 0 Å². The summed E-state index contributed by atoms with van der Waals surface area (Å²) in [6.45, 7) is 0. The Morgan fingerprint density at radius 1 is 1.64 bits per heavy atom. The summed E-state index contributed by atoms with van der Waals surface area (Å²) in [5.74, 6) is 2.21. The zero-order chi connectivity index (χ0) is 7.84. The first-order chi connectivity index (χ1) is 5.29. The Balaban J connectivity index is 2.50. The second-order valence-corrected chi connectivity index (χ2v) is 4.11. The smallest absolute Gasteiger partial charge is 0.131 e. The number of hydrogen-bond acceptors (Lipinski definition) is 2. The Morgan fingerprint density at radius 2 is 2.45 bits per heavy atom. The van der Waals surface area contributed by atoms with E-state index < -0.39 is 0 Å². The number of fused-ring (bicyclic) bond motifs is 1. The maximum Gasteiger partial charge on any atom is 0.131 e. The first-order valence-electron chi connectivity index (χ1n) is 3.57. The van der Waals surface area contributed by atoms with Crippen LogP contribution in [0.4, 0.5) is 0 Å². The van der Waals surface area contributed by atoms with Crippen molar-refractivity contribution in [3.8, 4) is 0 Å². The van der Waals surface area contributed by atoms with E-state index >= 15 is 0 Å². The van der Waals surface area contributed by atoms with Crippen molar-refractivity contribution in [2.45, 2.75) is 12.2 Å². The lowest BCUT2D eigenvalue weighted by Crippen LogP contribution is -2.00. The van der Waals surface area contributed by atoms with Gasteiger partial charge in [0.1, 0.15) is 5.15 Å². The molecule has 2 nitrogen and oxygen atoms in total. The maximum absolute atomic E-state index is 6.01. The zero-order valence-corrected chi connectivity index (χ0v) is 7.87. The van der Waals surface area contributed by atoms with Crippen LogP contribution in [0, 0.1) is 0 Å². The zero-order valence-electron chi connectivity index (χ0n) is 6.30. The van der Waals surface area contributed by atoms with Gasteiger partial charge in [0, 0.05) is 24.8 Å². The lowest BCUT2D eigenvalue weighted by molar-refractivity contribution is 0.747. The molecule has 0 unspecified atom stereocenters. The van der Waals surface area contributed by atoms with E-state index in [1.165, 1.54) is 17.0 Å². The average Bonchev–Trinajstić information content (AvgIpc) is 2.30. The number of rotatable bonds is 0. The molecule has 0 atom stereocenters. The minimum absolute atomic E-state index is 0.812. The molecule has 1 aromatic rings. The van der Waals surface area contributed by atoms with Crippen molar-refractivity contribution in [2.24, 2.45) is 7.05 Å². The number of hydrogen-bond donors (Lipinski definition) is 0. The Bertz CT molecular complexity index is 282. The highest BCUT2D eigenvalue weighted by molar-refractivity contribution is 7.98. The Labute approximate surface area is 74.9 Å². The second-order valence-electron chi connectivity index (χ2n) is 2.64. The molecule has 1 aromatic heterocycles. The normalized spacial score (nSPS) is 16.5. The molecule has 2 heterocycles. The minimum atomic E-state index is 0.812. The molecule has 0 N–H and O–H groups in total. The van der Waals surface area contributed by atoms with Crippen molar-refractivity contribution in [2.75, 3.05) is 5.75 Å². The molecule has 1 aliphatic heterocycles. The van der Waals surface area contributed by atoms with Gasteiger partial charge in [-0.05, 0) is 5.75 Å². The van der Waals surface area contributed by atoms with Gasteiger partial charge in [-0.15, -0.1) is 0 Å². The lowest BCUT2D eigenvalue weighted by Gasteiger charge is -2.07. The van der Waals surface area contributed by atoms with Gasteiger partial charge in [-0.2, -0.15) is 16.9 Å². The van der Waals surface area contributed by atoms with E-state index in [1.807, 2.05) is 18.8 Å². The van der Waals surface area contributed by atoms with Gasteiger partial charge in [0.05, 0.1) is 5.69 Å². The van der Waals surface area contributed by atoms with Crippen molar-refractivity contribution in [1.29, 1.82) is 0 Å². The fourth-order valence-electron chi connectivity index (χ4n) is 1.29. The predicted octanol–water partition coefficient (Wildman–Crippen LogP) is 1.86. The summed E-state index contributed by atoms with van der Waals surface area (Å²) in [7, 11) is 1.89. The third kappa shape index (κ3) is 1.16. The van der Waals surface area contributed by atoms with Crippen LogP contribution in [0.5, 0.6) is 0 Å². The minimum Gasteiger partial charge on any atom is -0.256 e. The summed E-state index contributed by atoms with van der Waals surface area (Å²) < 4.78 is 1.76. The summed E-state index contributed by atoms with van der Waals surface area (Å²) in [6.07, 6.45) is 1.07. The summed E-state index contributed by atoms with van der Waals surface area (Å²) >= 11 is 7.94. The van der Waals surface area contributed by atoms with E-state index in [0.29, 0.717) is 0 Å². The first kappa shape index (κ1) is 7.50. The van der Waals surface area contributed by atoms with Crippen LogP contribution in [0.1, 0.15) is 11.3 Å². The Morgan fingerprint density at radius 3 is 3.18 bits per heavy atom. The van der Waals surface area contributed by atoms with Crippen LogP contribution in [0.15, 0.2) is 0 Å². The van der Waals surface area contributed by atoms with Crippen LogP contribution in [-0.2, 0) is 19.2 Å². The molecule has 4 heteroatoms. The van der Waals surface area contributed by atoms with E-state index in [1.54, 1.807) is 4.68 Å². The van der Waals surface area contributed by atoms with Crippen LogP contribution in [0.25, 0.3) is 0 Å². The predicted molar refractivity (Wildman–Crippen MR) is 48.1 cm³/mol. The van der Waals surface area contributed by atoms with Crippen molar-refractivity contribution < 1.29 is 0 Å². The number of thioether (sulfide) groups is 1. The maximum atomic E-state index is 6.01. The molecule has 0 aliphatic carbocycles. The van der Waals surface area contributed by atoms with Gasteiger partial charge < -0.3 is 0 Å². The molecule has 1 aliphatic rings. The average molecular weight is 189 g/mol. The van der Waals surface area contributed by atoms with Crippen LogP contribution in [-0.4, -0.2) is 15.5 Å². The largest absolute Gasteiger partial charge is 0.256 e. The van der Waals surface area contributed by atoms with Crippen LogP contribution in [0.3, 0.4) is 0 Å². The summed E-state index contributed by atoms with van der Waals surface area (Å²) in [4.78, 5) is 0. The third-order valence-electron chi connectivity index (χ3n) is 1.88. The number of halogens is 1. The van der Waals surface area contributed by atoms with E-state index in [-0.39, 0.29) is 0 Å². The topological polar surface area (TPSA) is 17.8 Å². The van der Waals surface area contributed by atoms with E-state index in [2.05, 4.69) is 5.10 Å². The highest BCUT2D eigenvalue weighted by Gasteiger charge is 2.17. The molecule has 0 bridgehead atoms. The third-order valence-corrected chi connectivity index (χ3v) is 3.34. The lowest BCUT2D eigenvalue weighted by atomic mass is 10.2. The molecule has 0 fully saturated rings. The van der Waals surface area contributed by atoms with E-state index in [4.69, 9.17) is 11.6 Å². The van der Waals surface area contributed by atoms with Crippen molar-refractivity contribution >= 4 is 23.4 Å². The Hall–Kier alpha value is -0.150. The SMILES string of the molecule is Cn1nc2c(c1Cl)CSCC2. The molecule has 0 saturated carbocycles. The first-order valence-corrected chi connectivity index (χ1v) is 5.10. The van der Waals surface area contributed by atoms with E-state index in [9.17, 15) is 0 Å². The van der Waals surface area contributed by atoms with E-state index in [0.717, 1.165) is 17.3 Å². The molecule has 60 valence electrons. The highest BCUT2D eigenvalue weighted by atomic mass is 35.5. The molecule has 11 heavy (non-hydrogen) atoms. The molecule has 2 rings (SSSR count). The summed E-state index contributed by atoms with van der Waals surface area (Å²) in [5, 5.41) is 5.13. The molecule has 0 aromatic carbocycles. The number of aromatic nitrogens is 2. The van der Waals surface area contributed by atoms with Gasteiger partial charge in [0.15, 0.2) is 0 Å². The number of nitrogens with zero attached hydrogens (tertiary/aromatic N) is 2. The second kappa shape index (κ2) is 2.72. The fraction of sp³-hybridized carbons (Fsp3) is 0.571. The monoisotopic (exact) mass is 188 g/mol. The molecule has 0 spiro atoms. The summed E-state index contributed by atoms with van der Waals surface area (Å²) in [5.41, 5.74) is 2.43. The molecular weight excluding hydrogens is 180 g/mol. The van der Waals surface area contributed by atoms with Crippen LogP contribution in [0.2, 0.25) is 5.15 Å².